The summed E-state index contributed by atoms with van der Waals surface area (Å²) in [6, 6.07) is 3.44. The van der Waals surface area contributed by atoms with Crippen molar-refractivity contribution >= 4 is 11.4 Å². The molecule has 0 aromatic heterocycles. The van der Waals surface area contributed by atoms with Gasteiger partial charge < -0.3 is 20.9 Å². The fourth-order valence-electron chi connectivity index (χ4n) is 1.24. The molecule has 1 aromatic rings. The van der Waals surface area contributed by atoms with Crippen LogP contribution >= 0.6 is 0 Å². The van der Waals surface area contributed by atoms with Crippen molar-refractivity contribution < 1.29 is 9.47 Å². The van der Waals surface area contributed by atoms with Gasteiger partial charge in [0, 0.05) is 12.1 Å². The summed E-state index contributed by atoms with van der Waals surface area (Å²) in [5.74, 6) is 1.34. The molecule has 0 aliphatic heterocycles. The first kappa shape index (κ1) is 12.5. The summed E-state index contributed by atoms with van der Waals surface area (Å²) in [6.07, 6.45) is 1.88. The lowest BCUT2D eigenvalue weighted by molar-refractivity contribution is 0.268. The first-order valence-electron chi connectivity index (χ1n) is 5.63. The predicted octanol–water partition coefficient (Wildman–Crippen LogP) is 2.43. The Morgan fingerprint density at radius 1 is 0.875 bits per heavy atom. The fourth-order valence-corrected chi connectivity index (χ4v) is 1.24. The highest BCUT2D eigenvalue weighted by atomic mass is 16.5. The third-order valence-electron chi connectivity index (χ3n) is 2.07. The molecular weight excluding hydrogens is 204 g/mol. The van der Waals surface area contributed by atoms with Gasteiger partial charge in [-0.15, -0.1) is 0 Å². The van der Waals surface area contributed by atoms with Crippen molar-refractivity contribution in [2.24, 2.45) is 0 Å². The monoisotopic (exact) mass is 224 g/mol. The molecule has 0 saturated carbocycles. The van der Waals surface area contributed by atoms with E-state index in [0.29, 0.717) is 36.1 Å². The maximum Gasteiger partial charge on any atom is 0.163 e. The van der Waals surface area contributed by atoms with Crippen molar-refractivity contribution in [2.75, 3.05) is 24.7 Å². The van der Waals surface area contributed by atoms with Gasteiger partial charge in [-0.3, -0.25) is 0 Å². The number of nitrogen functional groups attached to an aromatic ring is 2. The van der Waals surface area contributed by atoms with Crippen LogP contribution < -0.4 is 20.9 Å². The van der Waals surface area contributed by atoms with Crippen molar-refractivity contribution in [2.45, 2.75) is 26.7 Å². The summed E-state index contributed by atoms with van der Waals surface area (Å²) in [7, 11) is 0. The van der Waals surface area contributed by atoms with Gasteiger partial charge >= 0.3 is 0 Å². The lowest BCUT2D eigenvalue weighted by Gasteiger charge is -2.13. The topological polar surface area (TPSA) is 70.5 Å². The van der Waals surface area contributed by atoms with E-state index in [4.69, 9.17) is 20.9 Å². The number of anilines is 2. The Bertz CT molecular complexity index is 307. The van der Waals surface area contributed by atoms with Crippen LogP contribution in [-0.4, -0.2) is 13.2 Å². The number of rotatable bonds is 6. The lowest BCUT2D eigenvalue weighted by atomic mass is 10.2. The number of ether oxygens (including phenoxy) is 2. The third kappa shape index (κ3) is 3.22. The molecule has 0 fully saturated rings. The van der Waals surface area contributed by atoms with Crippen LogP contribution in [0.2, 0.25) is 0 Å². The van der Waals surface area contributed by atoms with Crippen LogP contribution in [0.15, 0.2) is 12.1 Å². The van der Waals surface area contributed by atoms with E-state index in [2.05, 4.69) is 0 Å². The van der Waals surface area contributed by atoms with E-state index in [0.717, 1.165) is 12.8 Å². The largest absolute Gasteiger partial charge is 0.490 e. The van der Waals surface area contributed by atoms with Crippen LogP contribution in [0.5, 0.6) is 11.5 Å². The smallest absolute Gasteiger partial charge is 0.163 e. The zero-order chi connectivity index (χ0) is 12.0. The maximum absolute atomic E-state index is 5.73. The summed E-state index contributed by atoms with van der Waals surface area (Å²) in [4.78, 5) is 0. The zero-order valence-corrected chi connectivity index (χ0v) is 9.95. The van der Waals surface area contributed by atoms with E-state index < -0.39 is 0 Å². The third-order valence-corrected chi connectivity index (χ3v) is 2.07. The van der Waals surface area contributed by atoms with E-state index in [1.54, 1.807) is 12.1 Å². The fraction of sp³-hybridized carbons (Fsp3) is 0.500. The van der Waals surface area contributed by atoms with E-state index >= 15 is 0 Å². The van der Waals surface area contributed by atoms with Gasteiger partial charge in [0.2, 0.25) is 0 Å². The summed E-state index contributed by atoms with van der Waals surface area (Å²) >= 11 is 0. The molecule has 0 amide bonds. The minimum absolute atomic E-state index is 0.523. The first-order valence-corrected chi connectivity index (χ1v) is 5.63. The van der Waals surface area contributed by atoms with Crippen molar-refractivity contribution in [3.8, 4) is 11.5 Å². The Kier molecular flexibility index (Phi) is 4.76. The average molecular weight is 224 g/mol. The Morgan fingerprint density at radius 3 is 1.56 bits per heavy atom. The van der Waals surface area contributed by atoms with Crippen LogP contribution in [0, 0.1) is 0 Å². The van der Waals surface area contributed by atoms with Crippen LogP contribution in [-0.2, 0) is 0 Å². The highest BCUT2D eigenvalue weighted by molar-refractivity contribution is 5.69. The van der Waals surface area contributed by atoms with E-state index in [-0.39, 0.29) is 0 Å². The average Bonchev–Trinajstić information content (AvgIpc) is 2.28. The molecule has 0 unspecified atom stereocenters. The molecule has 0 bridgehead atoms. The summed E-state index contributed by atoms with van der Waals surface area (Å²) in [6.45, 7) is 5.39. The van der Waals surface area contributed by atoms with E-state index in [1.807, 2.05) is 13.8 Å². The molecule has 16 heavy (non-hydrogen) atoms. The molecule has 1 aromatic carbocycles. The Balaban J connectivity index is 2.87. The Morgan fingerprint density at radius 2 is 1.25 bits per heavy atom. The van der Waals surface area contributed by atoms with E-state index in [1.165, 1.54) is 0 Å². The molecule has 1 rings (SSSR count). The minimum atomic E-state index is 0.523. The Labute approximate surface area is 96.5 Å². The number of hydrogen-bond donors (Lipinski definition) is 2. The van der Waals surface area contributed by atoms with Crippen LogP contribution in [0.25, 0.3) is 0 Å². The molecule has 4 N–H and O–H groups in total. The summed E-state index contributed by atoms with van der Waals surface area (Å²) in [5.41, 5.74) is 12.5. The van der Waals surface area contributed by atoms with Gasteiger partial charge in [-0.2, -0.15) is 0 Å². The van der Waals surface area contributed by atoms with Gasteiger partial charge in [0.1, 0.15) is 0 Å². The van der Waals surface area contributed by atoms with Crippen LogP contribution in [0.1, 0.15) is 26.7 Å². The maximum atomic E-state index is 5.73. The second-order valence-electron chi connectivity index (χ2n) is 3.62. The molecule has 0 radical (unpaired) electrons. The van der Waals surface area contributed by atoms with Gasteiger partial charge in [-0.25, -0.2) is 0 Å². The molecular formula is C12H20N2O2. The SMILES string of the molecule is CCCOc1cc(N)c(N)cc1OCCC. The lowest BCUT2D eigenvalue weighted by Crippen LogP contribution is -2.04. The predicted molar refractivity (Wildman–Crippen MR) is 66.8 cm³/mol. The van der Waals surface area contributed by atoms with Gasteiger partial charge in [-0.05, 0) is 12.8 Å². The standard InChI is InChI=1S/C12H20N2O2/c1-3-5-15-11-7-9(13)10(14)8-12(11)16-6-4-2/h7-8H,3-6,13-14H2,1-2H3. The van der Waals surface area contributed by atoms with Crippen LogP contribution in [0.3, 0.4) is 0 Å². The van der Waals surface area contributed by atoms with Crippen molar-refractivity contribution in [3.05, 3.63) is 12.1 Å². The molecule has 0 atom stereocenters. The molecule has 0 aliphatic carbocycles. The molecule has 0 aliphatic rings. The number of nitrogens with two attached hydrogens (primary N) is 2. The van der Waals surface area contributed by atoms with Gasteiger partial charge in [0.05, 0.1) is 24.6 Å². The van der Waals surface area contributed by atoms with Crippen molar-refractivity contribution in [1.29, 1.82) is 0 Å². The van der Waals surface area contributed by atoms with Crippen molar-refractivity contribution in [3.63, 3.8) is 0 Å². The second kappa shape index (κ2) is 6.10. The highest BCUT2D eigenvalue weighted by Crippen LogP contribution is 2.33. The van der Waals surface area contributed by atoms with E-state index in [9.17, 15) is 0 Å². The second-order valence-corrected chi connectivity index (χ2v) is 3.62. The minimum Gasteiger partial charge on any atom is -0.490 e. The first-order chi connectivity index (χ1) is 7.69. The summed E-state index contributed by atoms with van der Waals surface area (Å²) in [5, 5.41) is 0. The quantitative estimate of drug-likeness (QED) is 0.728. The Hall–Kier alpha value is -1.58. The number of hydrogen-bond acceptors (Lipinski definition) is 4. The summed E-state index contributed by atoms with van der Waals surface area (Å²) < 4.78 is 11.1. The molecule has 90 valence electrons. The van der Waals surface area contributed by atoms with Crippen LogP contribution in [0.4, 0.5) is 11.4 Å². The van der Waals surface area contributed by atoms with Gasteiger partial charge in [-0.1, -0.05) is 13.8 Å². The zero-order valence-electron chi connectivity index (χ0n) is 9.95. The van der Waals surface area contributed by atoms with Crippen molar-refractivity contribution in [1.82, 2.24) is 0 Å². The molecule has 0 saturated heterocycles. The number of benzene rings is 1. The molecule has 4 nitrogen and oxygen atoms in total. The highest BCUT2D eigenvalue weighted by Gasteiger charge is 2.08. The molecule has 0 heterocycles. The normalized spacial score (nSPS) is 10.1. The van der Waals surface area contributed by atoms with Gasteiger partial charge in [0.25, 0.3) is 0 Å². The molecule has 4 heteroatoms. The van der Waals surface area contributed by atoms with Gasteiger partial charge in [0.15, 0.2) is 11.5 Å². The molecule has 0 spiro atoms.